The smallest absolute Gasteiger partial charge is 0.253 e. The zero-order valence-electron chi connectivity index (χ0n) is 12.3. The van der Waals surface area contributed by atoms with Gasteiger partial charge < -0.3 is 10.2 Å². The van der Waals surface area contributed by atoms with Gasteiger partial charge in [0.1, 0.15) is 4.21 Å². The molecule has 1 amide bonds. The molecule has 1 aromatic rings. The summed E-state index contributed by atoms with van der Waals surface area (Å²) in [6.07, 6.45) is 0. The highest BCUT2D eigenvalue weighted by Gasteiger charge is 2.31. The van der Waals surface area contributed by atoms with Crippen molar-refractivity contribution in [3.8, 4) is 0 Å². The maximum atomic E-state index is 12.6. The Balaban J connectivity index is 2.14. The van der Waals surface area contributed by atoms with E-state index < -0.39 is 10.0 Å². The third kappa shape index (κ3) is 3.82. The largest absolute Gasteiger partial charge is 0.339 e. The number of carbonyl (C=O) groups is 1. The summed E-state index contributed by atoms with van der Waals surface area (Å²) in [5, 5.41) is 4.90. The number of hydrogen-bond acceptors (Lipinski definition) is 5. The quantitative estimate of drug-likeness (QED) is 0.857. The second-order valence-electron chi connectivity index (χ2n) is 5.21. The molecule has 21 heavy (non-hydrogen) atoms. The van der Waals surface area contributed by atoms with Gasteiger partial charge in [0, 0.05) is 32.2 Å². The van der Waals surface area contributed by atoms with E-state index >= 15 is 0 Å². The van der Waals surface area contributed by atoms with Gasteiger partial charge in [-0.05, 0) is 25.3 Å². The van der Waals surface area contributed by atoms with Crippen LogP contribution in [0.2, 0.25) is 0 Å². The summed E-state index contributed by atoms with van der Waals surface area (Å²) in [5.74, 6) is -0.134. The molecule has 1 saturated heterocycles. The fraction of sp³-hybridized carbons (Fsp3) is 0.615. The van der Waals surface area contributed by atoms with Crippen molar-refractivity contribution in [2.75, 3.05) is 32.7 Å². The maximum Gasteiger partial charge on any atom is 0.253 e. The second kappa shape index (κ2) is 6.87. The van der Waals surface area contributed by atoms with Crippen LogP contribution >= 0.6 is 11.3 Å². The first-order valence-corrected chi connectivity index (χ1v) is 9.28. The number of rotatable bonds is 5. The predicted octanol–water partition coefficient (Wildman–Crippen LogP) is 0.579. The van der Waals surface area contributed by atoms with Crippen molar-refractivity contribution in [1.82, 2.24) is 14.5 Å². The molecule has 0 atom stereocenters. The van der Waals surface area contributed by atoms with Crippen molar-refractivity contribution < 1.29 is 13.2 Å². The van der Waals surface area contributed by atoms with Crippen LogP contribution in [0, 0.1) is 0 Å². The Bertz CT molecular complexity index is 563. The van der Waals surface area contributed by atoms with Crippen LogP contribution in [0.4, 0.5) is 0 Å². The molecule has 0 aromatic carbocycles. The molecule has 0 spiro atoms. The summed E-state index contributed by atoms with van der Waals surface area (Å²) in [6, 6.07) is 3.02. The van der Waals surface area contributed by atoms with E-state index in [-0.39, 0.29) is 22.7 Å². The van der Waals surface area contributed by atoms with Gasteiger partial charge in [0.2, 0.25) is 5.91 Å². The molecule has 1 aliphatic heterocycles. The van der Waals surface area contributed by atoms with Gasteiger partial charge in [-0.1, -0.05) is 6.07 Å². The van der Waals surface area contributed by atoms with Crippen molar-refractivity contribution in [2.45, 2.75) is 24.1 Å². The van der Waals surface area contributed by atoms with Crippen molar-refractivity contribution in [3.63, 3.8) is 0 Å². The van der Waals surface area contributed by atoms with Crippen molar-refractivity contribution >= 4 is 27.3 Å². The molecule has 0 bridgehead atoms. The van der Waals surface area contributed by atoms with Gasteiger partial charge in [-0.3, -0.25) is 4.79 Å². The molecule has 118 valence electrons. The van der Waals surface area contributed by atoms with E-state index in [1.54, 1.807) is 36.3 Å². The summed E-state index contributed by atoms with van der Waals surface area (Å²) < 4.78 is 26.8. The predicted molar refractivity (Wildman–Crippen MR) is 82.8 cm³/mol. The highest BCUT2D eigenvalue weighted by Crippen LogP contribution is 2.22. The topological polar surface area (TPSA) is 69.7 Å². The van der Waals surface area contributed by atoms with E-state index in [2.05, 4.69) is 5.32 Å². The second-order valence-corrected chi connectivity index (χ2v) is 8.27. The molecule has 1 fully saturated rings. The number of nitrogens with zero attached hydrogens (tertiary/aromatic N) is 2. The van der Waals surface area contributed by atoms with Crippen LogP contribution in [0.25, 0.3) is 0 Å². The highest BCUT2D eigenvalue weighted by atomic mass is 32.2. The minimum Gasteiger partial charge on any atom is -0.339 e. The lowest BCUT2D eigenvalue weighted by molar-refractivity contribution is -0.132. The first-order valence-electron chi connectivity index (χ1n) is 6.97. The Hall–Kier alpha value is -0.960. The van der Waals surface area contributed by atoms with E-state index in [0.717, 1.165) is 13.1 Å². The SMILES string of the molecule is CC(C)N(CC(=O)N1CCNCC1)S(=O)(=O)c1cccs1. The average Bonchev–Trinajstić information content (AvgIpc) is 2.99. The van der Waals surface area contributed by atoms with Crippen LogP contribution < -0.4 is 5.32 Å². The monoisotopic (exact) mass is 331 g/mol. The van der Waals surface area contributed by atoms with Gasteiger partial charge in [-0.15, -0.1) is 11.3 Å². The fourth-order valence-electron chi connectivity index (χ4n) is 2.22. The summed E-state index contributed by atoms with van der Waals surface area (Å²) in [7, 11) is -3.60. The average molecular weight is 331 g/mol. The Morgan fingerprint density at radius 1 is 1.43 bits per heavy atom. The van der Waals surface area contributed by atoms with Gasteiger partial charge in [-0.2, -0.15) is 4.31 Å². The Labute approximate surface area is 129 Å². The minimum absolute atomic E-state index is 0.0993. The maximum absolute atomic E-state index is 12.6. The van der Waals surface area contributed by atoms with Crippen LogP contribution in [0.5, 0.6) is 0 Å². The molecule has 0 unspecified atom stereocenters. The van der Waals surface area contributed by atoms with Gasteiger partial charge >= 0.3 is 0 Å². The number of piperazine rings is 1. The van der Waals surface area contributed by atoms with Gasteiger partial charge in [-0.25, -0.2) is 8.42 Å². The summed E-state index contributed by atoms with van der Waals surface area (Å²) in [4.78, 5) is 14.0. The summed E-state index contributed by atoms with van der Waals surface area (Å²) in [6.45, 7) is 6.24. The molecule has 2 rings (SSSR count). The first-order chi connectivity index (χ1) is 9.93. The molecule has 0 radical (unpaired) electrons. The van der Waals surface area contributed by atoms with Crippen LogP contribution in [-0.2, 0) is 14.8 Å². The number of hydrogen-bond donors (Lipinski definition) is 1. The van der Waals surface area contributed by atoms with Gasteiger partial charge in [0.25, 0.3) is 10.0 Å². The number of sulfonamides is 1. The molecule has 1 aromatic heterocycles. The Morgan fingerprint density at radius 2 is 2.10 bits per heavy atom. The van der Waals surface area contributed by atoms with Crippen molar-refractivity contribution in [2.24, 2.45) is 0 Å². The third-order valence-corrected chi connectivity index (χ3v) is 6.79. The van der Waals surface area contributed by atoms with E-state index in [4.69, 9.17) is 0 Å². The zero-order valence-corrected chi connectivity index (χ0v) is 13.9. The lowest BCUT2D eigenvalue weighted by atomic mass is 10.3. The molecule has 0 aliphatic carbocycles. The third-order valence-electron chi connectivity index (χ3n) is 3.39. The first kappa shape index (κ1) is 16.4. The summed E-state index contributed by atoms with van der Waals surface area (Å²) >= 11 is 1.17. The molecule has 1 aliphatic rings. The number of amides is 1. The lowest BCUT2D eigenvalue weighted by Gasteiger charge is -2.31. The van der Waals surface area contributed by atoms with Crippen molar-refractivity contribution in [3.05, 3.63) is 17.5 Å². The number of nitrogens with one attached hydrogen (secondary N) is 1. The molecule has 8 heteroatoms. The molecule has 0 saturated carbocycles. The highest BCUT2D eigenvalue weighted by molar-refractivity contribution is 7.91. The van der Waals surface area contributed by atoms with Crippen LogP contribution in [-0.4, -0.2) is 62.3 Å². The van der Waals surface area contributed by atoms with Crippen LogP contribution in [0.15, 0.2) is 21.7 Å². The molecule has 1 N–H and O–H groups in total. The van der Waals surface area contributed by atoms with Crippen molar-refractivity contribution in [1.29, 1.82) is 0 Å². The number of thiophene rings is 1. The van der Waals surface area contributed by atoms with Gasteiger partial charge in [0.15, 0.2) is 0 Å². The minimum atomic E-state index is -3.60. The van der Waals surface area contributed by atoms with E-state index in [1.807, 2.05) is 0 Å². The normalized spacial score (nSPS) is 16.7. The van der Waals surface area contributed by atoms with Gasteiger partial charge in [0.05, 0.1) is 6.54 Å². The zero-order chi connectivity index (χ0) is 15.5. The van der Waals surface area contributed by atoms with Crippen LogP contribution in [0.3, 0.4) is 0 Å². The van der Waals surface area contributed by atoms with E-state index in [0.29, 0.717) is 13.1 Å². The Kier molecular flexibility index (Phi) is 5.37. The fourth-order valence-corrected chi connectivity index (χ4v) is 4.92. The summed E-state index contributed by atoms with van der Waals surface area (Å²) in [5.41, 5.74) is 0. The van der Waals surface area contributed by atoms with Crippen LogP contribution in [0.1, 0.15) is 13.8 Å². The lowest BCUT2D eigenvalue weighted by Crippen LogP contribution is -2.51. The molecule has 6 nitrogen and oxygen atoms in total. The standard InChI is InChI=1S/C13H21N3O3S2/c1-11(2)16(21(18,19)13-4-3-9-20-13)10-12(17)15-7-5-14-6-8-15/h3-4,9,11,14H,5-8,10H2,1-2H3. The molecular formula is C13H21N3O3S2. The van der Waals surface area contributed by atoms with E-state index in [9.17, 15) is 13.2 Å². The molecular weight excluding hydrogens is 310 g/mol. The molecule has 2 heterocycles. The number of carbonyl (C=O) groups excluding carboxylic acids is 1. The Morgan fingerprint density at radius 3 is 2.62 bits per heavy atom. The van der Waals surface area contributed by atoms with E-state index in [1.165, 1.54) is 15.6 Å².